The molecule has 2 aromatic rings. The van der Waals surface area contributed by atoms with Gasteiger partial charge in [-0.05, 0) is 23.8 Å². The summed E-state index contributed by atoms with van der Waals surface area (Å²) in [5, 5.41) is 2.77. The van der Waals surface area contributed by atoms with Crippen LogP contribution in [-0.4, -0.2) is 15.9 Å². The number of nitrogens with zero attached hydrogens (tertiary/aromatic N) is 2. The third kappa shape index (κ3) is 2.87. The summed E-state index contributed by atoms with van der Waals surface area (Å²) in [7, 11) is 0. The molecule has 0 atom stereocenters. The molecule has 0 saturated carbocycles. The van der Waals surface area contributed by atoms with Crippen LogP contribution in [0.5, 0.6) is 0 Å². The Morgan fingerprint density at radius 3 is 2.82 bits per heavy atom. The minimum absolute atomic E-state index is 0.0500. The minimum atomic E-state index is -0.0500. The molecule has 0 fully saturated rings. The third-order valence-corrected chi connectivity index (χ3v) is 2.35. The van der Waals surface area contributed by atoms with Crippen molar-refractivity contribution in [3.63, 3.8) is 0 Å². The Labute approximate surface area is 99.7 Å². The van der Waals surface area contributed by atoms with Crippen molar-refractivity contribution in [1.29, 1.82) is 0 Å². The van der Waals surface area contributed by atoms with Crippen LogP contribution < -0.4 is 5.32 Å². The van der Waals surface area contributed by atoms with Gasteiger partial charge < -0.3 is 5.32 Å². The van der Waals surface area contributed by atoms with Crippen LogP contribution in [-0.2, 0) is 11.3 Å². The molecule has 0 bridgehead atoms. The van der Waals surface area contributed by atoms with E-state index in [9.17, 15) is 4.79 Å². The maximum Gasteiger partial charge on any atom is 0.217 e. The van der Waals surface area contributed by atoms with Crippen molar-refractivity contribution >= 4 is 5.91 Å². The molecule has 1 N–H and O–H groups in total. The summed E-state index contributed by atoms with van der Waals surface area (Å²) in [6.45, 7) is 1.98. The van der Waals surface area contributed by atoms with Crippen molar-refractivity contribution in [2.45, 2.75) is 13.5 Å². The molecule has 2 heterocycles. The molecular weight excluding hydrogens is 214 g/mol. The van der Waals surface area contributed by atoms with Gasteiger partial charge in [-0.25, -0.2) is 0 Å². The number of rotatable bonds is 3. The molecule has 1 amide bonds. The second-order valence-corrected chi connectivity index (χ2v) is 3.66. The largest absolute Gasteiger partial charge is 0.352 e. The van der Waals surface area contributed by atoms with Gasteiger partial charge in [-0.1, -0.05) is 6.07 Å². The highest BCUT2D eigenvalue weighted by Crippen LogP contribution is 2.19. The topological polar surface area (TPSA) is 54.9 Å². The quantitative estimate of drug-likeness (QED) is 0.869. The molecule has 0 aliphatic carbocycles. The van der Waals surface area contributed by atoms with Crippen LogP contribution in [0.15, 0.2) is 42.9 Å². The van der Waals surface area contributed by atoms with E-state index < -0.39 is 0 Å². The Hall–Kier alpha value is -2.23. The summed E-state index contributed by atoms with van der Waals surface area (Å²) in [5.74, 6) is -0.0500. The second kappa shape index (κ2) is 5.21. The molecule has 4 nitrogen and oxygen atoms in total. The molecule has 86 valence electrons. The molecule has 0 aliphatic rings. The molecule has 0 saturated heterocycles. The van der Waals surface area contributed by atoms with Gasteiger partial charge in [0.15, 0.2) is 0 Å². The number of aromatic nitrogens is 2. The minimum Gasteiger partial charge on any atom is -0.352 e. The molecule has 17 heavy (non-hydrogen) atoms. The number of carbonyl (C=O) groups excluding carboxylic acids is 1. The molecule has 4 heteroatoms. The number of hydrogen-bond donors (Lipinski definition) is 1. The third-order valence-electron chi connectivity index (χ3n) is 2.35. The lowest BCUT2D eigenvalue weighted by molar-refractivity contribution is -0.119. The Morgan fingerprint density at radius 1 is 1.29 bits per heavy atom. The van der Waals surface area contributed by atoms with Gasteiger partial charge in [-0.3, -0.25) is 14.8 Å². The molecule has 0 aliphatic heterocycles. The van der Waals surface area contributed by atoms with Crippen molar-refractivity contribution in [3.05, 3.63) is 48.4 Å². The highest BCUT2D eigenvalue weighted by molar-refractivity contribution is 5.73. The van der Waals surface area contributed by atoms with Gasteiger partial charge >= 0.3 is 0 Å². The summed E-state index contributed by atoms with van der Waals surface area (Å²) in [6, 6.07) is 7.63. The fourth-order valence-corrected chi connectivity index (χ4v) is 1.56. The lowest BCUT2D eigenvalue weighted by Crippen LogP contribution is -2.19. The summed E-state index contributed by atoms with van der Waals surface area (Å²) in [4.78, 5) is 19.3. The van der Waals surface area contributed by atoms with Crippen LogP contribution in [0.2, 0.25) is 0 Å². The first-order valence-electron chi connectivity index (χ1n) is 5.36. The van der Waals surface area contributed by atoms with Gasteiger partial charge in [0.1, 0.15) is 0 Å². The van der Waals surface area contributed by atoms with Crippen molar-refractivity contribution in [2.24, 2.45) is 0 Å². The lowest BCUT2D eigenvalue weighted by atomic mass is 10.1. The van der Waals surface area contributed by atoms with Gasteiger partial charge in [-0.15, -0.1) is 0 Å². The van der Waals surface area contributed by atoms with Crippen LogP contribution in [0.1, 0.15) is 12.5 Å². The van der Waals surface area contributed by atoms with Crippen molar-refractivity contribution in [2.75, 3.05) is 0 Å². The average molecular weight is 227 g/mol. The Bertz CT molecular complexity index is 511. The number of amides is 1. The van der Waals surface area contributed by atoms with E-state index in [-0.39, 0.29) is 5.91 Å². The molecule has 0 aromatic carbocycles. The number of pyridine rings is 2. The van der Waals surface area contributed by atoms with E-state index >= 15 is 0 Å². The van der Waals surface area contributed by atoms with E-state index in [1.807, 2.05) is 24.3 Å². The van der Waals surface area contributed by atoms with E-state index in [2.05, 4.69) is 15.3 Å². The Kier molecular flexibility index (Phi) is 3.45. The molecule has 2 rings (SSSR count). The van der Waals surface area contributed by atoms with Crippen LogP contribution in [0.3, 0.4) is 0 Å². The van der Waals surface area contributed by atoms with Gasteiger partial charge in [0.2, 0.25) is 5.91 Å². The average Bonchev–Trinajstić information content (AvgIpc) is 2.38. The fourth-order valence-electron chi connectivity index (χ4n) is 1.56. The van der Waals surface area contributed by atoms with Crippen LogP contribution in [0.4, 0.5) is 0 Å². The summed E-state index contributed by atoms with van der Waals surface area (Å²) < 4.78 is 0. The second-order valence-electron chi connectivity index (χ2n) is 3.66. The van der Waals surface area contributed by atoms with E-state index in [1.54, 1.807) is 18.6 Å². The van der Waals surface area contributed by atoms with E-state index in [0.717, 1.165) is 16.8 Å². The monoisotopic (exact) mass is 227 g/mol. The normalized spacial score (nSPS) is 9.94. The summed E-state index contributed by atoms with van der Waals surface area (Å²) in [6.07, 6.45) is 5.22. The fraction of sp³-hybridized carbons (Fsp3) is 0.154. The van der Waals surface area contributed by atoms with E-state index in [0.29, 0.717) is 6.54 Å². The first-order valence-corrected chi connectivity index (χ1v) is 5.36. The smallest absolute Gasteiger partial charge is 0.217 e. The van der Waals surface area contributed by atoms with Crippen LogP contribution in [0.25, 0.3) is 11.3 Å². The van der Waals surface area contributed by atoms with Gasteiger partial charge in [0.05, 0.1) is 5.69 Å². The highest BCUT2D eigenvalue weighted by atomic mass is 16.1. The maximum atomic E-state index is 10.9. The SMILES string of the molecule is CC(=O)NCc1cccnc1-c1cccnc1. The predicted octanol–water partition coefficient (Wildman–Crippen LogP) is 1.78. The van der Waals surface area contributed by atoms with Gasteiger partial charge in [-0.2, -0.15) is 0 Å². The van der Waals surface area contributed by atoms with E-state index in [4.69, 9.17) is 0 Å². The Morgan fingerprint density at radius 2 is 2.12 bits per heavy atom. The number of hydrogen-bond acceptors (Lipinski definition) is 3. The summed E-state index contributed by atoms with van der Waals surface area (Å²) in [5.41, 5.74) is 2.79. The zero-order valence-electron chi connectivity index (χ0n) is 9.55. The molecule has 2 aromatic heterocycles. The summed E-state index contributed by atoms with van der Waals surface area (Å²) >= 11 is 0. The standard InChI is InChI=1S/C13H13N3O/c1-10(17)16-9-12-5-3-7-15-13(12)11-4-2-6-14-8-11/h2-8H,9H2,1H3,(H,16,17). The first kappa shape index (κ1) is 11.3. The molecule has 0 unspecified atom stereocenters. The van der Waals surface area contributed by atoms with Crippen molar-refractivity contribution in [3.8, 4) is 11.3 Å². The first-order chi connectivity index (χ1) is 8.27. The van der Waals surface area contributed by atoms with Gasteiger partial charge in [0.25, 0.3) is 0 Å². The van der Waals surface area contributed by atoms with Gasteiger partial charge in [0, 0.05) is 37.6 Å². The Balaban J connectivity index is 2.31. The highest BCUT2D eigenvalue weighted by Gasteiger charge is 2.06. The molecular formula is C13H13N3O. The lowest BCUT2D eigenvalue weighted by Gasteiger charge is -2.08. The van der Waals surface area contributed by atoms with Crippen molar-refractivity contribution < 1.29 is 4.79 Å². The maximum absolute atomic E-state index is 10.9. The van der Waals surface area contributed by atoms with Crippen molar-refractivity contribution in [1.82, 2.24) is 15.3 Å². The van der Waals surface area contributed by atoms with E-state index in [1.165, 1.54) is 6.92 Å². The zero-order valence-corrected chi connectivity index (χ0v) is 9.55. The zero-order chi connectivity index (χ0) is 12.1. The number of carbonyl (C=O) groups is 1. The number of nitrogens with one attached hydrogen (secondary N) is 1. The molecule has 0 spiro atoms. The predicted molar refractivity (Wildman–Crippen MR) is 65.0 cm³/mol. The molecule has 0 radical (unpaired) electrons. The van der Waals surface area contributed by atoms with Crippen LogP contribution >= 0.6 is 0 Å². The van der Waals surface area contributed by atoms with Crippen LogP contribution in [0, 0.1) is 0 Å².